The Balaban J connectivity index is 0.00000709. The third-order valence-electron chi connectivity index (χ3n) is 16.5. The van der Waals surface area contributed by atoms with E-state index in [2.05, 4.69) is 309 Å². The summed E-state index contributed by atoms with van der Waals surface area (Å²) in [4.78, 5) is 9.86. The number of hydrogen-bond acceptors (Lipinski definition) is 4. The molecule has 1 aliphatic rings. The van der Waals surface area contributed by atoms with Crippen LogP contribution in [0.2, 0.25) is 0 Å². The zero-order valence-electron chi connectivity index (χ0n) is 50.0. The number of fused-ring (bicyclic) bond motifs is 4. The number of hydrogen-bond donors (Lipinski definition) is 0. The van der Waals surface area contributed by atoms with Gasteiger partial charge in [-0.3, -0.25) is 0 Å². The van der Waals surface area contributed by atoms with Crippen molar-refractivity contribution in [1.82, 2.24) is 9.55 Å². The molecule has 0 saturated carbocycles. The van der Waals surface area contributed by atoms with E-state index in [0.29, 0.717) is 11.5 Å². The van der Waals surface area contributed by atoms with Gasteiger partial charge in [0.15, 0.2) is 0 Å². The van der Waals surface area contributed by atoms with Gasteiger partial charge in [-0.15, -0.1) is 48.1 Å². The predicted molar refractivity (Wildman–Crippen MR) is 352 cm³/mol. The Morgan fingerprint density at radius 1 is 0.424 bits per heavy atom. The van der Waals surface area contributed by atoms with Crippen LogP contribution < -0.4 is 14.5 Å². The van der Waals surface area contributed by atoms with Crippen LogP contribution in [0.15, 0.2) is 231 Å². The molecule has 3 heterocycles. The first-order valence-corrected chi connectivity index (χ1v) is 29.2. The summed E-state index contributed by atoms with van der Waals surface area (Å²) in [5.41, 5.74) is 22.4. The monoisotopic (exact) mass is 1280 g/mol. The second kappa shape index (κ2) is 22.3. The van der Waals surface area contributed by atoms with Crippen molar-refractivity contribution in [2.75, 3.05) is 9.80 Å². The first-order valence-electron chi connectivity index (χ1n) is 29.2. The van der Waals surface area contributed by atoms with Crippen LogP contribution in [0.1, 0.15) is 84.6 Å². The second-order valence-electron chi connectivity index (χ2n) is 25.5. The van der Waals surface area contributed by atoms with Crippen LogP contribution in [-0.4, -0.2) is 9.55 Å². The summed E-state index contributed by atoms with van der Waals surface area (Å²) >= 11 is 0. The van der Waals surface area contributed by atoms with Crippen molar-refractivity contribution in [2.24, 2.45) is 0 Å². The van der Waals surface area contributed by atoms with Gasteiger partial charge in [0.25, 0.3) is 0 Å². The SMILES string of the molecule is Cc1ccc(-c2cnc(-n3c4[c-]c(Oc5[c-]c(N6[CH-]N(c7c(-c8ccc(C(C)(C)C)cc8)cccc7-c7cccc(-c8ccccc8)c7)c7ccccc76)ccc5)ccc4c4cc(-c5ccc(C(C)(C)C)cc5)ccc43)cc2C(C)(C)C)cc1.[Pt]. The molecule has 0 amide bonds. The largest absolute Gasteiger partial charge is 0.509 e. The number of anilines is 4. The topological polar surface area (TPSA) is 33.5 Å². The van der Waals surface area contributed by atoms with Crippen LogP contribution in [0.4, 0.5) is 22.7 Å². The van der Waals surface area contributed by atoms with Crippen molar-refractivity contribution < 1.29 is 25.8 Å². The fourth-order valence-corrected chi connectivity index (χ4v) is 11.9. The van der Waals surface area contributed by atoms with Crippen LogP contribution in [-0.2, 0) is 37.3 Å². The molecule has 0 N–H and O–H groups in total. The average molecular weight is 1290 g/mol. The third kappa shape index (κ3) is 11.0. The molecule has 0 aliphatic carbocycles. The van der Waals surface area contributed by atoms with Crippen molar-refractivity contribution >= 4 is 44.6 Å². The van der Waals surface area contributed by atoms with Crippen LogP contribution in [0.25, 0.3) is 83.3 Å². The summed E-state index contributed by atoms with van der Waals surface area (Å²) in [5.74, 6) is 1.97. The molecule has 0 fully saturated rings. The summed E-state index contributed by atoms with van der Waals surface area (Å²) in [5, 5.41) is 2.17. The van der Waals surface area contributed by atoms with Gasteiger partial charge < -0.3 is 19.1 Å². The molecule has 0 saturated heterocycles. The quantitative estimate of drug-likeness (QED) is 0.128. The molecule has 85 heavy (non-hydrogen) atoms. The van der Waals surface area contributed by atoms with E-state index in [1.54, 1.807) is 0 Å². The standard InChI is InChI=1S/C79H69N4O.Pt/c1-52-29-31-56(32-30-52)69-50-80-75(49-70(69)79(8,9)10)83-71-44-37-58(54-33-38-60(39-34-54)77(2,3)4)46-68(71)67-43-42-64(48-74(67)83)84-63-24-17-23-62(47-63)81-51-82(73-28-15-14-27-72(73)81)76-65(55-35-40-61(41-36-55)78(5,6)7)25-18-26-66(76)59-22-16-21-57(45-59)53-19-12-11-13-20-53;/h11-46,49-51H,1-10H3;/q-3;. The van der Waals surface area contributed by atoms with Gasteiger partial charge in [-0.25, -0.2) is 4.98 Å². The Kier molecular flexibility index (Phi) is 14.9. The molecule has 1 aliphatic heterocycles. The Morgan fingerprint density at radius 3 is 1.65 bits per heavy atom. The van der Waals surface area contributed by atoms with Gasteiger partial charge in [0, 0.05) is 78.0 Å². The Morgan fingerprint density at radius 2 is 0.965 bits per heavy atom. The van der Waals surface area contributed by atoms with E-state index in [9.17, 15) is 0 Å². The van der Waals surface area contributed by atoms with Crippen LogP contribution in [0.5, 0.6) is 11.5 Å². The summed E-state index contributed by atoms with van der Waals surface area (Å²) in [7, 11) is 0. The fraction of sp³-hybridized carbons (Fsp3) is 0.165. The van der Waals surface area contributed by atoms with E-state index in [4.69, 9.17) is 9.72 Å². The summed E-state index contributed by atoms with van der Waals surface area (Å²) in [6.07, 6.45) is 2.05. The van der Waals surface area contributed by atoms with Crippen LogP contribution >= 0.6 is 0 Å². The van der Waals surface area contributed by atoms with Gasteiger partial charge in [-0.1, -0.05) is 237 Å². The minimum absolute atomic E-state index is 0. The number of para-hydroxylation sites is 3. The Labute approximate surface area is 516 Å². The molecule has 0 bridgehead atoms. The van der Waals surface area contributed by atoms with Gasteiger partial charge in [0.1, 0.15) is 5.82 Å². The van der Waals surface area contributed by atoms with Crippen molar-refractivity contribution in [2.45, 2.75) is 85.5 Å². The van der Waals surface area contributed by atoms with Crippen LogP contribution in [0, 0.1) is 25.7 Å². The molecular weight excluding hydrogens is 1220 g/mol. The van der Waals surface area contributed by atoms with Gasteiger partial charge in [0.2, 0.25) is 0 Å². The molecule has 0 spiro atoms. The number of aromatic nitrogens is 2. The van der Waals surface area contributed by atoms with E-state index < -0.39 is 0 Å². The van der Waals surface area contributed by atoms with E-state index in [1.807, 2.05) is 24.4 Å². The van der Waals surface area contributed by atoms with Gasteiger partial charge in [-0.2, -0.15) is 12.1 Å². The number of benzene rings is 10. The smallest absolute Gasteiger partial charge is 0.135 e. The summed E-state index contributed by atoms with van der Waals surface area (Å²) < 4.78 is 9.16. The molecule has 424 valence electrons. The maximum atomic E-state index is 6.91. The zero-order valence-corrected chi connectivity index (χ0v) is 52.3. The first kappa shape index (κ1) is 56.7. The molecule has 0 atom stereocenters. The minimum atomic E-state index is -0.176. The number of ether oxygens (including phenoxy) is 1. The molecule has 5 nitrogen and oxygen atoms in total. The molecule has 12 aromatic rings. The molecule has 2 aromatic heterocycles. The zero-order chi connectivity index (χ0) is 58.1. The maximum Gasteiger partial charge on any atom is 0.135 e. The molecule has 10 aromatic carbocycles. The van der Waals surface area contributed by atoms with Gasteiger partial charge >= 0.3 is 0 Å². The number of aryl methyl sites for hydroxylation is 1. The van der Waals surface area contributed by atoms with E-state index >= 15 is 0 Å². The van der Waals surface area contributed by atoms with Crippen molar-refractivity contribution in [1.29, 1.82) is 0 Å². The second-order valence-corrected chi connectivity index (χ2v) is 25.5. The number of pyridine rings is 1. The Hall–Kier alpha value is -8.76. The van der Waals surface area contributed by atoms with Crippen molar-refractivity contribution in [3.63, 3.8) is 0 Å². The molecule has 0 unspecified atom stereocenters. The predicted octanol–water partition coefficient (Wildman–Crippen LogP) is 21.5. The van der Waals surface area contributed by atoms with Crippen LogP contribution in [0.3, 0.4) is 0 Å². The van der Waals surface area contributed by atoms with Gasteiger partial charge in [-0.05, 0) is 115 Å². The van der Waals surface area contributed by atoms with E-state index in [-0.39, 0.29) is 37.3 Å². The molecule has 0 radical (unpaired) electrons. The molecule has 13 rings (SSSR count). The fourth-order valence-electron chi connectivity index (χ4n) is 11.9. The number of nitrogens with zero attached hydrogens (tertiary/aromatic N) is 4. The van der Waals surface area contributed by atoms with E-state index in [0.717, 1.165) is 89.3 Å². The average Bonchev–Trinajstić information content (AvgIpc) is 1.74. The maximum absolute atomic E-state index is 6.91. The normalized spacial score (nSPS) is 12.6. The van der Waals surface area contributed by atoms with Crippen molar-refractivity contribution in [3.8, 4) is 73.0 Å². The summed E-state index contributed by atoms with van der Waals surface area (Å²) in [6.45, 7) is 24.7. The van der Waals surface area contributed by atoms with Gasteiger partial charge in [0.05, 0.1) is 0 Å². The Bertz CT molecular complexity index is 4420. The third-order valence-corrected chi connectivity index (χ3v) is 16.5. The van der Waals surface area contributed by atoms with Crippen molar-refractivity contribution in [3.05, 3.63) is 272 Å². The first-order chi connectivity index (χ1) is 40.4. The summed E-state index contributed by atoms with van der Waals surface area (Å²) in [6, 6.07) is 88.6. The minimum Gasteiger partial charge on any atom is -0.509 e. The molecule has 6 heteroatoms. The van der Waals surface area contributed by atoms with E-state index in [1.165, 1.54) is 38.9 Å². The number of rotatable bonds is 10. The molecular formula is C79H69N4OPt-3.